The van der Waals surface area contributed by atoms with Crippen LogP contribution in [0.5, 0.6) is 0 Å². The number of rotatable bonds is 6. The van der Waals surface area contributed by atoms with Gasteiger partial charge in [0.1, 0.15) is 4.90 Å². The fourth-order valence-corrected chi connectivity index (χ4v) is 4.02. The molecule has 1 N–H and O–H groups in total. The molecule has 0 saturated carbocycles. The highest BCUT2D eigenvalue weighted by atomic mass is 32.2. The van der Waals surface area contributed by atoms with Crippen LogP contribution < -0.4 is 4.72 Å². The van der Waals surface area contributed by atoms with E-state index in [1.165, 1.54) is 24.3 Å². The molecule has 2 rings (SSSR count). The number of nitrogens with one attached hydrogen (secondary N) is 1. The number of aryl methyl sites for hydroxylation is 2. The molecule has 2 aromatic rings. The van der Waals surface area contributed by atoms with Gasteiger partial charge in [-0.25, -0.2) is 8.42 Å². The minimum atomic E-state index is -3.81. The van der Waals surface area contributed by atoms with Crippen molar-refractivity contribution in [2.45, 2.75) is 31.6 Å². The Labute approximate surface area is 134 Å². The molecule has 0 radical (unpaired) electrons. The molecule has 0 atom stereocenters. The number of hydrogen-bond acceptors (Lipinski definition) is 5. The summed E-state index contributed by atoms with van der Waals surface area (Å²) in [5.74, 6) is 0. The fourth-order valence-electron chi connectivity index (χ4n) is 2.39. The highest BCUT2D eigenvalue weighted by Gasteiger charge is 2.26. The van der Waals surface area contributed by atoms with Gasteiger partial charge in [0.2, 0.25) is 0 Å². The number of benzene rings is 1. The lowest BCUT2D eigenvalue weighted by Gasteiger charge is -2.09. The SMILES string of the molecule is CCc1nn(C)c(CC)c1S(=O)(=O)Nc1ccc([N+](=O)[O-])cc1. The van der Waals surface area contributed by atoms with Crippen LogP contribution in [0.15, 0.2) is 29.2 Å². The van der Waals surface area contributed by atoms with Crippen molar-refractivity contribution in [2.24, 2.45) is 7.05 Å². The summed E-state index contributed by atoms with van der Waals surface area (Å²) in [5, 5.41) is 14.9. The predicted molar refractivity (Wildman–Crippen MR) is 85.9 cm³/mol. The molecular formula is C14H18N4O4S. The van der Waals surface area contributed by atoms with Gasteiger partial charge in [-0.1, -0.05) is 13.8 Å². The number of nitro benzene ring substituents is 1. The van der Waals surface area contributed by atoms with Crippen molar-refractivity contribution in [3.05, 3.63) is 45.8 Å². The Kier molecular flexibility index (Phi) is 4.69. The van der Waals surface area contributed by atoms with Crippen LogP contribution in [0.3, 0.4) is 0 Å². The van der Waals surface area contributed by atoms with Crippen molar-refractivity contribution in [1.29, 1.82) is 0 Å². The maximum atomic E-state index is 12.7. The van der Waals surface area contributed by atoms with Crippen LogP contribution >= 0.6 is 0 Å². The van der Waals surface area contributed by atoms with Crippen molar-refractivity contribution in [2.75, 3.05) is 4.72 Å². The van der Waals surface area contributed by atoms with Crippen LogP contribution in [-0.4, -0.2) is 23.1 Å². The maximum Gasteiger partial charge on any atom is 0.269 e. The van der Waals surface area contributed by atoms with E-state index in [0.29, 0.717) is 24.2 Å². The van der Waals surface area contributed by atoms with E-state index in [0.717, 1.165) is 0 Å². The molecule has 0 aliphatic heterocycles. The Bertz CT molecular complexity index is 825. The molecule has 0 bridgehead atoms. The van der Waals surface area contributed by atoms with E-state index in [4.69, 9.17) is 0 Å². The summed E-state index contributed by atoms with van der Waals surface area (Å²) in [5.41, 5.74) is 1.29. The zero-order valence-electron chi connectivity index (χ0n) is 13.1. The van der Waals surface area contributed by atoms with Crippen LogP contribution in [0.2, 0.25) is 0 Å². The second kappa shape index (κ2) is 6.37. The molecule has 23 heavy (non-hydrogen) atoms. The Morgan fingerprint density at radius 1 is 1.22 bits per heavy atom. The zero-order chi connectivity index (χ0) is 17.2. The number of non-ortho nitro benzene ring substituents is 1. The highest BCUT2D eigenvalue weighted by Crippen LogP contribution is 2.25. The van der Waals surface area contributed by atoms with Crippen LogP contribution in [0.25, 0.3) is 0 Å². The minimum absolute atomic E-state index is 0.0992. The highest BCUT2D eigenvalue weighted by molar-refractivity contribution is 7.92. The van der Waals surface area contributed by atoms with Gasteiger partial charge in [-0.2, -0.15) is 5.10 Å². The first-order valence-electron chi connectivity index (χ1n) is 7.12. The van der Waals surface area contributed by atoms with E-state index < -0.39 is 14.9 Å². The first-order chi connectivity index (χ1) is 10.8. The largest absolute Gasteiger partial charge is 0.280 e. The zero-order valence-corrected chi connectivity index (χ0v) is 13.9. The van der Waals surface area contributed by atoms with Gasteiger partial charge in [-0.05, 0) is 25.0 Å². The molecule has 9 heteroatoms. The summed E-state index contributed by atoms with van der Waals surface area (Å²) in [4.78, 5) is 10.3. The van der Waals surface area contributed by atoms with Gasteiger partial charge in [0.25, 0.3) is 15.7 Å². The van der Waals surface area contributed by atoms with Gasteiger partial charge in [-0.15, -0.1) is 0 Å². The average Bonchev–Trinajstić information content (AvgIpc) is 2.84. The fraction of sp³-hybridized carbons (Fsp3) is 0.357. The summed E-state index contributed by atoms with van der Waals surface area (Å²) in [6, 6.07) is 5.23. The predicted octanol–water partition coefficient (Wildman–Crippen LogP) is 2.25. The molecule has 0 aliphatic rings. The second-order valence-electron chi connectivity index (χ2n) is 4.96. The van der Waals surface area contributed by atoms with Crippen molar-refractivity contribution in [3.8, 4) is 0 Å². The first kappa shape index (κ1) is 16.9. The summed E-state index contributed by atoms with van der Waals surface area (Å²) in [7, 11) is -2.10. The lowest BCUT2D eigenvalue weighted by atomic mass is 10.2. The van der Waals surface area contributed by atoms with Gasteiger partial charge in [-0.3, -0.25) is 19.5 Å². The molecule has 0 unspecified atom stereocenters. The molecule has 0 spiro atoms. The number of nitro groups is 1. The third-order valence-corrected chi connectivity index (χ3v) is 4.97. The average molecular weight is 338 g/mol. The quantitative estimate of drug-likeness (QED) is 0.642. The maximum absolute atomic E-state index is 12.7. The Morgan fingerprint density at radius 2 is 1.83 bits per heavy atom. The normalized spacial score (nSPS) is 11.4. The molecule has 0 amide bonds. The molecule has 0 fully saturated rings. The summed E-state index contributed by atoms with van der Waals surface area (Å²) >= 11 is 0. The lowest BCUT2D eigenvalue weighted by Crippen LogP contribution is -2.16. The summed E-state index contributed by atoms with van der Waals surface area (Å²) in [6.45, 7) is 3.70. The van der Waals surface area contributed by atoms with E-state index in [1.807, 2.05) is 13.8 Å². The van der Waals surface area contributed by atoms with Crippen LogP contribution in [0.1, 0.15) is 25.2 Å². The number of anilines is 1. The molecular weight excluding hydrogens is 320 g/mol. The molecule has 124 valence electrons. The van der Waals surface area contributed by atoms with Crippen LogP contribution in [0.4, 0.5) is 11.4 Å². The standard InChI is InChI=1S/C14H18N4O4S/c1-4-12-14(13(5-2)17(3)15-12)23(21,22)16-10-6-8-11(9-7-10)18(19)20/h6-9,16H,4-5H2,1-3H3. The molecule has 0 saturated heterocycles. The number of aromatic nitrogens is 2. The molecule has 1 heterocycles. The van der Waals surface area contributed by atoms with Crippen molar-refractivity contribution >= 4 is 21.4 Å². The van der Waals surface area contributed by atoms with Gasteiger partial charge < -0.3 is 0 Å². The third kappa shape index (κ3) is 3.34. The van der Waals surface area contributed by atoms with Crippen molar-refractivity contribution < 1.29 is 13.3 Å². The van der Waals surface area contributed by atoms with E-state index in [1.54, 1.807) is 11.7 Å². The Morgan fingerprint density at radius 3 is 2.30 bits per heavy atom. The van der Waals surface area contributed by atoms with Crippen molar-refractivity contribution in [1.82, 2.24) is 9.78 Å². The molecule has 8 nitrogen and oxygen atoms in total. The molecule has 1 aromatic carbocycles. The second-order valence-corrected chi connectivity index (χ2v) is 6.58. The monoisotopic (exact) mass is 338 g/mol. The molecule has 0 aliphatic carbocycles. The minimum Gasteiger partial charge on any atom is -0.280 e. The van der Waals surface area contributed by atoms with Gasteiger partial charge in [0.05, 0.1) is 16.3 Å². The number of nitrogens with zero attached hydrogens (tertiary/aromatic N) is 3. The first-order valence-corrected chi connectivity index (χ1v) is 8.60. The van der Waals surface area contributed by atoms with E-state index in [-0.39, 0.29) is 16.3 Å². The van der Waals surface area contributed by atoms with E-state index in [2.05, 4.69) is 9.82 Å². The Balaban J connectivity index is 2.41. The lowest BCUT2D eigenvalue weighted by molar-refractivity contribution is -0.384. The van der Waals surface area contributed by atoms with Gasteiger partial charge in [0, 0.05) is 24.9 Å². The molecule has 1 aromatic heterocycles. The topological polar surface area (TPSA) is 107 Å². The van der Waals surface area contributed by atoms with E-state index in [9.17, 15) is 18.5 Å². The summed E-state index contributed by atoms with van der Waals surface area (Å²) < 4.78 is 29.4. The van der Waals surface area contributed by atoms with Gasteiger partial charge in [0.15, 0.2) is 0 Å². The smallest absolute Gasteiger partial charge is 0.269 e. The van der Waals surface area contributed by atoms with Crippen LogP contribution in [0, 0.1) is 10.1 Å². The number of sulfonamides is 1. The van der Waals surface area contributed by atoms with Gasteiger partial charge >= 0.3 is 0 Å². The third-order valence-electron chi connectivity index (χ3n) is 3.45. The van der Waals surface area contributed by atoms with Crippen LogP contribution in [-0.2, 0) is 29.9 Å². The summed E-state index contributed by atoms with van der Waals surface area (Å²) in [6.07, 6.45) is 1.02. The van der Waals surface area contributed by atoms with Crippen molar-refractivity contribution in [3.63, 3.8) is 0 Å². The van der Waals surface area contributed by atoms with E-state index >= 15 is 0 Å². The Hall–Kier alpha value is -2.42. The number of hydrogen-bond donors (Lipinski definition) is 1.